The van der Waals surface area contributed by atoms with Crippen molar-refractivity contribution in [3.8, 4) is 0 Å². The minimum absolute atomic E-state index is 0.669. The van der Waals surface area contributed by atoms with Crippen molar-refractivity contribution in [1.29, 1.82) is 0 Å². The summed E-state index contributed by atoms with van der Waals surface area (Å²) in [6, 6.07) is 14.5. The third kappa shape index (κ3) is 3.69. The molecule has 0 aliphatic carbocycles. The molecule has 0 fully saturated rings. The van der Waals surface area contributed by atoms with Gasteiger partial charge < -0.3 is 5.11 Å². The Balaban J connectivity index is 2.02. The minimum atomic E-state index is -0.669. The van der Waals surface area contributed by atoms with E-state index in [1.165, 1.54) is 15.3 Å². The maximum atomic E-state index is 10.5. The molecular weight excluding hydrogens is 240 g/mol. The lowest BCUT2D eigenvalue weighted by molar-refractivity contribution is 0.0616. The first-order valence-electron chi connectivity index (χ1n) is 6.43. The summed E-state index contributed by atoms with van der Waals surface area (Å²) < 4.78 is 0. The van der Waals surface area contributed by atoms with Crippen LogP contribution in [-0.4, -0.2) is 10.7 Å². The number of aryl methyl sites for hydroxylation is 1. The highest BCUT2D eigenvalue weighted by Gasteiger charge is 2.22. The van der Waals surface area contributed by atoms with E-state index in [1.54, 1.807) is 0 Å². The first-order valence-corrected chi connectivity index (χ1v) is 7.24. The van der Waals surface area contributed by atoms with Crippen molar-refractivity contribution in [2.24, 2.45) is 0 Å². The standard InChI is InChI=1S/C16H20OS/c1-3-14-9-10-15(18-14)12-16(2,17)11-13-7-5-4-6-8-13/h4-10,17H,3,11-12H2,1-2H3. The summed E-state index contributed by atoms with van der Waals surface area (Å²) >= 11 is 1.81. The maximum Gasteiger partial charge on any atom is 0.0707 e. The van der Waals surface area contributed by atoms with E-state index in [4.69, 9.17) is 0 Å². The van der Waals surface area contributed by atoms with Gasteiger partial charge in [0, 0.05) is 22.6 Å². The molecule has 0 aliphatic rings. The van der Waals surface area contributed by atoms with E-state index in [0.717, 1.165) is 12.8 Å². The van der Waals surface area contributed by atoms with Gasteiger partial charge in [-0.3, -0.25) is 0 Å². The number of benzene rings is 1. The molecule has 0 amide bonds. The summed E-state index contributed by atoms with van der Waals surface area (Å²) in [5, 5.41) is 10.5. The molecule has 0 spiro atoms. The van der Waals surface area contributed by atoms with E-state index in [9.17, 15) is 5.11 Å². The molecule has 1 nitrogen and oxygen atoms in total. The molecule has 1 heterocycles. The third-order valence-electron chi connectivity index (χ3n) is 3.05. The summed E-state index contributed by atoms with van der Waals surface area (Å²) in [4.78, 5) is 2.66. The topological polar surface area (TPSA) is 20.2 Å². The molecule has 0 bridgehead atoms. The maximum absolute atomic E-state index is 10.5. The van der Waals surface area contributed by atoms with Crippen LogP contribution in [0.3, 0.4) is 0 Å². The minimum Gasteiger partial charge on any atom is -0.389 e. The van der Waals surface area contributed by atoms with Crippen LogP contribution >= 0.6 is 11.3 Å². The SMILES string of the molecule is CCc1ccc(CC(C)(O)Cc2ccccc2)s1. The number of rotatable bonds is 5. The van der Waals surface area contributed by atoms with Crippen LogP contribution in [0.25, 0.3) is 0 Å². The molecule has 0 radical (unpaired) electrons. The Morgan fingerprint density at radius 1 is 1.00 bits per heavy atom. The quantitative estimate of drug-likeness (QED) is 0.866. The van der Waals surface area contributed by atoms with E-state index in [1.807, 2.05) is 36.5 Å². The molecule has 1 aromatic heterocycles. The van der Waals surface area contributed by atoms with Gasteiger partial charge in [0.15, 0.2) is 0 Å². The van der Waals surface area contributed by atoms with Crippen LogP contribution in [0.5, 0.6) is 0 Å². The van der Waals surface area contributed by atoms with Gasteiger partial charge >= 0.3 is 0 Å². The summed E-state index contributed by atoms with van der Waals surface area (Å²) in [5.74, 6) is 0. The number of hydrogen-bond acceptors (Lipinski definition) is 2. The molecular formula is C16H20OS. The molecule has 0 aliphatic heterocycles. The monoisotopic (exact) mass is 260 g/mol. The summed E-state index contributed by atoms with van der Waals surface area (Å²) in [6.07, 6.45) is 2.51. The highest BCUT2D eigenvalue weighted by molar-refractivity contribution is 7.12. The van der Waals surface area contributed by atoms with Gasteiger partial charge in [0.05, 0.1) is 5.60 Å². The highest BCUT2D eigenvalue weighted by Crippen LogP contribution is 2.24. The fraction of sp³-hybridized carbons (Fsp3) is 0.375. The fourth-order valence-electron chi connectivity index (χ4n) is 2.18. The van der Waals surface area contributed by atoms with E-state index >= 15 is 0 Å². The third-order valence-corrected chi connectivity index (χ3v) is 4.28. The zero-order chi connectivity index (χ0) is 13.0. The van der Waals surface area contributed by atoms with Crippen molar-refractivity contribution in [1.82, 2.24) is 0 Å². The molecule has 2 rings (SSSR count). The van der Waals surface area contributed by atoms with E-state index in [-0.39, 0.29) is 0 Å². The van der Waals surface area contributed by atoms with E-state index in [0.29, 0.717) is 6.42 Å². The molecule has 0 saturated carbocycles. The molecule has 1 atom stereocenters. The Hall–Kier alpha value is -1.12. The highest BCUT2D eigenvalue weighted by atomic mass is 32.1. The first-order chi connectivity index (χ1) is 8.59. The van der Waals surface area contributed by atoms with Gasteiger partial charge in [-0.25, -0.2) is 0 Å². The Kier molecular flexibility index (Phi) is 4.20. The van der Waals surface area contributed by atoms with Crippen LogP contribution in [0.15, 0.2) is 42.5 Å². The molecule has 18 heavy (non-hydrogen) atoms. The molecule has 96 valence electrons. The summed E-state index contributed by atoms with van der Waals surface area (Å²) in [5.41, 5.74) is 0.520. The Morgan fingerprint density at radius 2 is 1.67 bits per heavy atom. The average Bonchev–Trinajstić information content (AvgIpc) is 2.76. The lowest BCUT2D eigenvalue weighted by Crippen LogP contribution is -2.29. The Morgan fingerprint density at radius 3 is 2.28 bits per heavy atom. The van der Waals surface area contributed by atoms with Gasteiger partial charge in [0.1, 0.15) is 0 Å². The second-order valence-electron chi connectivity index (χ2n) is 5.06. The van der Waals surface area contributed by atoms with Crippen LogP contribution in [0.1, 0.15) is 29.2 Å². The second kappa shape index (κ2) is 5.68. The van der Waals surface area contributed by atoms with Crippen LogP contribution in [-0.2, 0) is 19.3 Å². The molecule has 1 unspecified atom stereocenters. The van der Waals surface area contributed by atoms with Gasteiger partial charge in [-0.2, -0.15) is 0 Å². The lowest BCUT2D eigenvalue weighted by atomic mass is 9.93. The Labute approximate surface area is 113 Å². The van der Waals surface area contributed by atoms with Crippen LogP contribution in [0, 0.1) is 0 Å². The van der Waals surface area contributed by atoms with Gasteiger partial charge in [-0.15, -0.1) is 11.3 Å². The first kappa shape index (κ1) is 13.3. The average molecular weight is 260 g/mol. The van der Waals surface area contributed by atoms with E-state index in [2.05, 4.69) is 31.2 Å². The zero-order valence-corrected chi connectivity index (χ0v) is 11.8. The molecule has 0 saturated heterocycles. The van der Waals surface area contributed by atoms with Crippen LogP contribution in [0.2, 0.25) is 0 Å². The van der Waals surface area contributed by atoms with Crippen LogP contribution < -0.4 is 0 Å². The van der Waals surface area contributed by atoms with Crippen molar-refractivity contribution in [2.45, 2.75) is 38.7 Å². The van der Waals surface area contributed by atoms with Crippen molar-refractivity contribution in [2.75, 3.05) is 0 Å². The van der Waals surface area contributed by atoms with Crippen molar-refractivity contribution in [3.63, 3.8) is 0 Å². The van der Waals surface area contributed by atoms with Gasteiger partial charge in [-0.05, 0) is 31.0 Å². The lowest BCUT2D eigenvalue weighted by Gasteiger charge is -2.22. The zero-order valence-electron chi connectivity index (χ0n) is 11.0. The van der Waals surface area contributed by atoms with Crippen LogP contribution in [0.4, 0.5) is 0 Å². The molecule has 1 aromatic carbocycles. The largest absolute Gasteiger partial charge is 0.389 e. The summed E-state index contributed by atoms with van der Waals surface area (Å²) in [6.45, 7) is 4.09. The van der Waals surface area contributed by atoms with Gasteiger partial charge in [-0.1, -0.05) is 37.3 Å². The normalized spacial score (nSPS) is 14.4. The van der Waals surface area contributed by atoms with Crippen molar-refractivity contribution in [3.05, 3.63) is 57.8 Å². The molecule has 1 N–H and O–H groups in total. The predicted octanol–water partition coefficient (Wildman–Crippen LogP) is 3.85. The van der Waals surface area contributed by atoms with Gasteiger partial charge in [0.2, 0.25) is 0 Å². The van der Waals surface area contributed by atoms with E-state index < -0.39 is 5.60 Å². The predicted molar refractivity (Wildman–Crippen MR) is 78.2 cm³/mol. The fourth-order valence-corrected chi connectivity index (χ4v) is 3.32. The second-order valence-corrected chi connectivity index (χ2v) is 6.31. The molecule has 2 heteroatoms. The van der Waals surface area contributed by atoms with Crippen molar-refractivity contribution < 1.29 is 5.11 Å². The van der Waals surface area contributed by atoms with Gasteiger partial charge in [0.25, 0.3) is 0 Å². The summed E-state index contributed by atoms with van der Waals surface area (Å²) in [7, 11) is 0. The number of hydrogen-bond donors (Lipinski definition) is 1. The number of aliphatic hydroxyl groups is 1. The Bertz CT molecular complexity index is 485. The smallest absolute Gasteiger partial charge is 0.0707 e. The van der Waals surface area contributed by atoms with Crippen molar-refractivity contribution >= 4 is 11.3 Å². The number of thiophene rings is 1. The molecule has 2 aromatic rings.